The first-order chi connectivity index (χ1) is 13.8. The summed E-state index contributed by atoms with van der Waals surface area (Å²) in [6.07, 6.45) is 0. The molecule has 3 rings (SSSR count). The number of anilines is 1. The Bertz CT molecular complexity index is 950. The minimum Gasteiger partial charge on any atom is -0.465 e. The van der Waals surface area contributed by atoms with Crippen LogP contribution >= 0.6 is 0 Å². The van der Waals surface area contributed by atoms with Gasteiger partial charge in [-0.2, -0.15) is 0 Å². The van der Waals surface area contributed by atoms with Crippen LogP contribution in [0.5, 0.6) is 0 Å². The number of methoxy groups -OCH3 is 2. The van der Waals surface area contributed by atoms with Gasteiger partial charge >= 0.3 is 11.9 Å². The average Bonchev–Trinajstić information content (AvgIpc) is 2.91. The highest BCUT2D eigenvalue weighted by atomic mass is 16.6. The third kappa shape index (κ3) is 2.85. The van der Waals surface area contributed by atoms with Gasteiger partial charge in [-0.1, -0.05) is 18.2 Å². The largest absolute Gasteiger partial charge is 0.465 e. The zero-order chi connectivity index (χ0) is 21.3. The SMILES string of the molecule is COCCOC(=O)C1=C(C)OC(N)=C(C(=O)OC)C12C(=O)N(C)c1ccccc12. The second-order valence-electron chi connectivity index (χ2n) is 6.52. The number of nitrogens with two attached hydrogens (primary N) is 1. The number of fused-ring (bicyclic) bond motifs is 2. The lowest BCUT2D eigenvalue weighted by molar-refractivity contribution is -0.143. The number of allylic oxidation sites excluding steroid dienone is 1. The van der Waals surface area contributed by atoms with Crippen molar-refractivity contribution >= 4 is 23.5 Å². The van der Waals surface area contributed by atoms with Crippen molar-refractivity contribution in [2.24, 2.45) is 5.73 Å². The van der Waals surface area contributed by atoms with Crippen LogP contribution in [0, 0.1) is 0 Å². The lowest BCUT2D eigenvalue weighted by Gasteiger charge is -2.35. The number of hydrogen-bond acceptors (Lipinski definition) is 8. The van der Waals surface area contributed by atoms with Crippen molar-refractivity contribution in [2.75, 3.05) is 39.4 Å². The highest BCUT2D eigenvalue weighted by molar-refractivity contribution is 6.22. The van der Waals surface area contributed by atoms with E-state index in [-0.39, 0.29) is 36.0 Å². The number of para-hydroxylation sites is 1. The highest BCUT2D eigenvalue weighted by Crippen LogP contribution is 2.54. The number of carbonyl (C=O) groups excluding carboxylic acids is 3. The van der Waals surface area contributed by atoms with E-state index in [0.717, 1.165) is 7.11 Å². The van der Waals surface area contributed by atoms with Crippen LogP contribution in [-0.4, -0.2) is 52.3 Å². The van der Waals surface area contributed by atoms with Gasteiger partial charge in [0.15, 0.2) is 0 Å². The molecule has 9 nitrogen and oxygen atoms in total. The molecule has 154 valence electrons. The van der Waals surface area contributed by atoms with Gasteiger partial charge in [0.25, 0.3) is 0 Å². The zero-order valence-corrected chi connectivity index (χ0v) is 16.6. The lowest BCUT2D eigenvalue weighted by atomic mass is 9.67. The predicted molar refractivity (Wildman–Crippen MR) is 101 cm³/mol. The summed E-state index contributed by atoms with van der Waals surface area (Å²) in [6.45, 7) is 1.61. The molecule has 0 radical (unpaired) electrons. The van der Waals surface area contributed by atoms with Crippen LogP contribution in [0.4, 0.5) is 5.69 Å². The number of rotatable bonds is 5. The van der Waals surface area contributed by atoms with E-state index in [2.05, 4.69) is 0 Å². The minimum atomic E-state index is -1.84. The molecular formula is C20H22N2O7. The summed E-state index contributed by atoms with van der Waals surface area (Å²) in [6, 6.07) is 6.83. The van der Waals surface area contributed by atoms with Crippen LogP contribution < -0.4 is 10.6 Å². The molecule has 0 saturated carbocycles. The Balaban J connectivity index is 2.32. The van der Waals surface area contributed by atoms with Crippen LogP contribution in [0.2, 0.25) is 0 Å². The Morgan fingerprint density at radius 2 is 1.83 bits per heavy atom. The van der Waals surface area contributed by atoms with E-state index in [9.17, 15) is 14.4 Å². The minimum absolute atomic E-state index is 0.0410. The molecule has 1 spiro atoms. The summed E-state index contributed by atoms with van der Waals surface area (Å²) in [5.41, 5.74) is 4.76. The monoisotopic (exact) mass is 402 g/mol. The quantitative estimate of drug-likeness (QED) is 0.566. The standard InChI is InChI=1S/C20H22N2O7/c1-11-14(18(24)28-10-9-26-3)20(15(16(21)29-11)17(23)27-4)12-7-5-6-8-13(12)22(2)19(20)25/h5-8H,9-10,21H2,1-4H3. The molecular weight excluding hydrogens is 380 g/mol. The first kappa shape index (κ1) is 20.4. The number of ether oxygens (including phenoxy) is 4. The molecule has 0 fully saturated rings. The van der Waals surface area contributed by atoms with Gasteiger partial charge in [0.2, 0.25) is 11.8 Å². The summed E-state index contributed by atoms with van der Waals surface area (Å²) in [4.78, 5) is 40.8. The van der Waals surface area contributed by atoms with Crippen molar-refractivity contribution in [1.82, 2.24) is 0 Å². The summed E-state index contributed by atoms with van der Waals surface area (Å²) in [5, 5.41) is 0. The maximum Gasteiger partial charge on any atom is 0.340 e. The van der Waals surface area contributed by atoms with Crippen molar-refractivity contribution in [3.63, 3.8) is 0 Å². The maximum absolute atomic E-state index is 13.6. The van der Waals surface area contributed by atoms with Gasteiger partial charge < -0.3 is 29.6 Å². The number of hydrogen-bond donors (Lipinski definition) is 1. The Morgan fingerprint density at radius 1 is 1.14 bits per heavy atom. The Labute approximate surface area is 167 Å². The molecule has 1 unspecified atom stereocenters. The van der Waals surface area contributed by atoms with Gasteiger partial charge in [-0.15, -0.1) is 0 Å². The van der Waals surface area contributed by atoms with E-state index in [1.807, 2.05) is 0 Å². The van der Waals surface area contributed by atoms with E-state index in [1.54, 1.807) is 31.3 Å². The fourth-order valence-electron chi connectivity index (χ4n) is 3.83. The highest BCUT2D eigenvalue weighted by Gasteiger charge is 2.63. The third-order valence-corrected chi connectivity index (χ3v) is 5.02. The molecule has 1 aromatic rings. The Hall–Kier alpha value is -3.33. The predicted octanol–water partition coefficient (Wildman–Crippen LogP) is 0.738. The van der Waals surface area contributed by atoms with Crippen LogP contribution in [0.25, 0.3) is 0 Å². The van der Waals surface area contributed by atoms with Gasteiger partial charge in [0.05, 0.1) is 13.7 Å². The van der Waals surface area contributed by atoms with Crippen molar-refractivity contribution < 1.29 is 33.3 Å². The summed E-state index contributed by atoms with van der Waals surface area (Å²) >= 11 is 0. The summed E-state index contributed by atoms with van der Waals surface area (Å²) in [7, 11) is 4.18. The smallest absolute Gasteiger partial charge is 0.340 e. The van der Waals surface area contributed by atoms with E-state index in [0.29, 0.717) is 11.3 Å². The normalized spacial score (nSPS) is 20.7. The van der Waals surface area contributed by atoms with Crippen molar-refractivity contribution in [2.45, 2.75) is 12.3 Å². The summed E-state index contributed by atoms with van der Waals surface area (Å²) < 4.78 is 20.6. The van der Waals surface area contributed by atoms with Crippen LogP contribution in [0.15, 0.2) is 47.1 Å². The Kier molecular flexibility index (Phi) is 5.34. The number of amides is 1. The molecule has 0 bridgehead atoms. The second kappa shape index (κ2) is 7.59. The van der Waals surface area contributed by atoms with E-state index >= 15 is 0 Å². The molecule has 0 aromatic heterocycles. The molecule has 2 aliphatic heterocycles. The number of esters is 2. The van der Waals surface area contributed by atoms with Gasteiger partial charge in [0.1, 0.15) is 28.9 Å². The molecule has 1 amide bonds. The zero-order valence-electron chi connectivity index (χ0n) is 16.6. The molecule has 0 saturated heterocycles. The van der Waals surface area contributed by atoms with Gasteiger partial charge in [-0.05, 0) is 13.0 Å². The topological polar surface area (TPSA) is 117 Å². The first-order valence-corrected chi connectivity index (χ1v) is 8.83. The fourth-order valence-corrected chi connectivity index (χ4v) is 3.83. The third-order valence-electron chi connectivity index (χ3n) is 5.02. The first-order valence-electron chi connectivity index (χ1n) is 8.83. The van der Waals surface area contributed by atoms with Crippen LogP contribution in [0.3, 0.4) is 0 Å². The lowest BCUT2D eigenvalue weighted by Crippen LogP contribution is -2.50. The van der Waals surface area contributed by atoms with Crippen molar-refractivity contribution in [3.05, 3.63) is 52.6 Å². The van der Waals surface area contributed by atoms with Gasteiger partial charge in [0, 0.05) is 25.4 Å². The fraction of sp³-hybridized carbons (Fsp3) is 0.350. The molecule has 9 heteroatoms. The van der Waals surface area contributed by atoms with E-state index in [4.69, 9.17) is 24.7 Å². The number of benzene rings is 1. The average molecular weight is 402 g/mol. The number of carbonyl (C=O) groups is 3. The molecule has 2 aliphatic rings. The van der Waals surface area contributed by atoms with E-state index in [1.165, 1.54) is 18.9 Å². The Morgan fingerprint density at radius 3 is 2.48 bits per heavy atom. The second-order valence-corrected chi connectivity index (χ2v) is 6.52. The molecule has 1 atom stereocenters. The van der Waals surface area contributed by atoms with Crippen LogP contribution in [-0.2, 0) is 38.7 Å². The number of likely N-dealkylation sites (N-methyl/N-ethyl adjacent to an activating group) is 1. The number of nitrogens with zero attached hydrogens (tertiary/aromatic N) is 1. The molecule has 0 aliphatic carbocycles. The maximum atomic E-state index is 13.6. The van der Waals surface area contributed by atoms with E-state index < -0.39 is 23.3 Å². The van der Waals surface area contributed by atoms with Gasteiger partial charge in [-0.25, -0.2) is 9.59 Å². The molecule has 2 heterocycles. The van der Waals surface area contributed by atoms with Crippen molar-refractivity contribution in [3.8, 4) is 0 Å². The molecule has 29 heavy (non-hydrogen) atoms. The summed E-state index contributed by atoms with van der Waals surface area (Å²) in [5.74, 6) is -2.47. The van der Waals surface area contributed by atoms with Gasteiger partial charge in [-0.3, -0.25) is 4.79 Å². The molecule has 2 N–H and O–H groups in total. The molecule has 1 aromatic carbocycles. The van der Waals surface area contributed by atoms with Crippen molar-refractivity contribution in [1.29, 1.82) is 0 Å². The van der Waals surface area contributed by atoms with Crippen LogP contribution in [0.1, 0.15) is 12.5 Å².